The summed E-state index contributed by atoms with van der Waals surface area (Å²) in [6.45, 7) is 1.49. The van der Waals surface area contributed by atoms with E-state index < -0.39 is 0 Å². The van der Waals surface area contributed by atoms with Crippen molar-refractivity contribution >= 4 is 34.7 Å². The summed E-state index contributed by atoms with van der Waals surface area (Å²) in [4.78, 5) is 32.0. The largest absolute Gasteiger partial charge is 0.497 e. The summed E-state index contributed by atoms with van der Waals surface area (Å²) in [5, 5.41) is 3.04. The van der Waals surface area contributed by atoms with Crippen molar-refractivity contribution in [1.29, 1.82) is 0 Å². The zero-order valence-electron chi connectivity index (χ0n) is 15.9. The molecule has 0 bridgehead atoms. The zero-order chi connectivity index (χ0) is 20.8. The van der Waals surface area contributed by atoms with Crippen molar-refractivity contribution in [3.63, 3.8) is 0 Å². The number of anilines is 4. The molecule has 1 heterocycles. The predicted octanol–water partition coefficient (Wildman–Crippen LogP) is 2.77. The molecule has 5 N–H and O–H groups in total. The van der Waals surface area contributed by atoms with Crippen LogP contribution in [0.5, 0.6) is 5.75 Å². The van der Waals surface area contributed by atoms with E-state index in [1.165, 1.54) is 13.3 Å². The monoisotopic (exact) mass is 392 g/mol. The third-order valence-corrected chi connectivity index (χ3v) is 4.06. The number of Topliss-reactive ketones (excluding diaryl/α,β-unsaturated/α-hetero) is 1. The minimum Gasteiger partial charge on any atom is -0.497 e. The molecule has 9 nitrogen and oxygen atoms in total. The predicted molar refractivity (Wildman–Crippen MR) is 110 cm³/mol. The molecule has 3 aromatic rings. The van der Waals surface area contributed by atoms with Gasteiger partial charge in [-0.25, -0.2) is 9.97 Å². The lowest BCUT2D eigenvalue weighted by molar-refractivity contribution is 0.0961. The number of benzene rings is 2. The molecule has 0 aliphatic heterocycles. The van der Waals surface area contributed by atoms with Crippen LogP contribution in [0.2, 0.25) is 0 Å². The van der Waals surface area contributed by atoms with Crippen LogP contribution in [0.3, 0.4) is 0 Å². The minimum absolute atomic E-state index is 0.0482. The van der Waals surface area contributed by atoms with Crippen LogP contribution in [0.25, 0.3) is 0 Å². The van der Waals surface area contributed by atoms with Crippen molar-refractivity contribution in [1.82, 2.24) is 15.4 Å². The van der Waals surface area contributed by atoms with E-state index in [0.717, 1.165) is 0 Å². The van der Waals surface area contributed by atoms with Crippen molar-refractivity contribution in [3.8, 4) is 5.75 Å². The number of aromatic nitrogens is 2. The molecule has 0 spiro atoms. The van der Waals surface area contributed by atoms with E-state index in [2.05, 4.69) is 26.1 Å². The van der Waals surface area contributed by atoms with Crippen LogP contribution in [0, 0.1) is 0 Å². The van der Waals surface area contributed by atoms with Gasteiger partial charge < -0.3 is 15.8 Å². The van der Waals surface area contributed by atoms with E-state index >= 15 is 0 Å². The molecule has 3 rings (SSSR count). The van der Waals surface area contributed by atoms with Crippen molar-refractivity contribution in [3.05, 3.63) is 66.0 Å². The molecule has 0 fully saturated rings. The number of hydrogen-bond acceptors (Lipinski definition) is 8. The first kappa shape index (κ1) is 19.6. The molecule has 9 heteroatoms. The quantitative estimate of drug-likeness (QED) is 0.357. The van der Waals surface area contributed by atoms with Crippen molar-refractivity contribution in [2.24, 2.45) is 0 Å². The number of hydrazine groups is 1. The van der Waals surface area contributed by atoms with Crippen molar-refractivity contribution in [2.45, 2.75) is 6.92 Å². The van der Waals surface area contributed by atoms with Gasteiger partial charge in [0.2, 0.25) is 0 Å². The van der Waals surface area contributed by atoms with Crippen LogP contribution in [0.15, 0.2) is 54.9 Å². The lowest BCUT2D eigenvalue weighted by Gasteiger charge is -2.13. The fourth-order valence-corrected chi connectivity index (χ4v) is 2.48. The first-order chi connectivity index (χ1) is 14.0. The van der Waals surface area contributed by atoms with Gasteiger partial charge in [-0.2, -0.15) is 0 Å². The zero-order valence-corrected chi connectivity index (χ0v) is 15.9. The van der Waals surface area contributed by atoms with E-state index in [9.17, 15) is 9.59 Å². The molecule has 1 amide bonds. The average molecular weight is 392 g/mol. The van der Waals surface area contributed by atoms with Crippen LogP contribution in [-0.2, 0) is 0 Å². The summed E-state index contributed by atoms with van der Waals surface area (Å²) < 4.78 is 5.07. The molecule has 29 heavy (non-hydrogen) atoms. The second kappa shape index (κ2) is 8.70. The van der Waals surface area contributed by atoms with E-state index in [1.807, 2.05) is 0 Å². The number of hydrogen-bond donors (Lipinski definition) is 4. The number of carbonyl (C=O) groups is 2. The van der Waals surface area contributed by atoms with E-state index in [0.29, 0.717) is 28.4 Å². The van der Waals surface area contributed by atoms with Crippen LogP contribution < -0.4 is 26.6 Å². The molecule has 0 saturated carbocycles. The van der Waals surface area contributed by atoms with Crippen LogP contribution in [-0.4, -0.2) is 28.8 Å². The lowest BCUT2D eigenvalue weighted by Crippen LogP contribution is -2.30. The lowest BCUT2D eigenvalue weighted by atomic mass is 10.1. The number of methoxy groups -OCH3 is 1. The highest BCUT2D eigenvalue weighted by Gasteiger charge is 2.11. The maximum atomic E-state index is 12.3. The van der Waals surface area contributed by atoms with E-state index in [1.54, 1.807) is 55.6 Å². The highest BCUT2D eigenvalue weighted by molar-refractivity contribution is 5.96. The van der Waals surface area contributed by atoms with Gasteiger partial charge in [0.1, 0.15) is 17.8 Å². The van der Waals surface area contributed by atoms with Gasteiger partial charge in [-0.1, -0.05) is 12.1 Å². The average Bonchev–Trinajstić information content (AvgIpc) is 2.74. The third-order valence-electron chi connectivity index (χ3n) is 4.06. The number of nitrogen functional groups attached to an aromatic ring is 1. The second-order valence-electron chi connectivity index (χ2n) is 6.05. The molecule has 0 radical (unpaired) electrons. The van der Waals surface area contributed by atoms with Gasteiger partial charge in [-0.15, -0.1) is 0 Å². The van der Waals surface area contributed by atoms with Gasteiger partial charge in [-0.3, -0.25) is 20.4 Å². The van der Waals surface area contributed by atoms with Crippen LogP contribution >= 0.6 is 0 Å². The number of ketones is 1. The second-order valence-corrected chi connectivity index (χ2v) is 6.05. The molecule has 0 aliphatic rings. The number of amides is 1. The molecule has 0 atom stereocenters. The minimum atomic E-state index is -0.366. The normalized spacial score (nSPS) is 10.1. The smallest absolute Gasteiger partial charge is 0.269 e. The molecular formula is C20H20N6O3. The Labute approximate surface area is 167 Å². The Kier molecular flexibility index (Phi) is 5.88. The van der Waals surface area contributed by atoms with E-state index in [-0.39, 0.29) is 23.2 Å². The van der Waals surface area contributed by atoms with Gasteiger partial charge >= 0.3 is 0 Å². The van der Waals surface area contributed by atoms with Gasteiger partial charge in [0.05, 0.1) is 7.11 Å². The van der Waals surface area contributed by atoms with Gasteiger partial charge in [0.25, 0.3) is 5.91 Å². The maximum absolute atomic E-state index is 12.3. The Morgan fingerprint density at radius 1 is 1.00 bits per heavy atom. The van der Waals surface area contributed by atoms with Gasteiger partial charge in [0, 0.05) is 16.8 Å². The fourth-order valence-electron chi connectivity index (χ4n) is 2.48. The number of nitrogens with two attached hydrogens (primary N) is 1. The summed E-state index contributed by atoms with van der Waals surface area (Å²) in [5.41, 5.74) is 13.2. The molecule has 2 aromatic carbocycles. The summed E-state index contributed by atoms with van der Waals surface area (Å²) in [7, 11) is 1.55. The Hall–Kier alpha value is -4.14. The molecule has 0 saturated heterocycles. The van der Waals surface area contributed by atoms with Crippen molar-refractivity contribution < 1.29 is 14.3 Å². The summed E-state index contributed by atoms with van der Waals surface area (Å²) in [6.07, 6.45) is 1.30. The van der Waals surface area contributed by atoms with Crippen LogP contribution in [0.1, 0.15) is 27.6 Å². The topological polar surface area (TPSA) is 131 Å². The maximum Gasteiger partial charge on any atom is 0.269 e. The Bertz CT molecular complexity index is 1040. The number of ether oxygens (including phenoxy) is 1. The SMILES string of the molecule is COc1ccc(C(=O)NNc2ncnc(Nc3cccc(C(C)=O)c3)c2N)cc1. The number of nitrogens with zero attached hydrogens (tertiary/aromatic N) is 2. The molecule has 0 unspecified atom stereocenters. The standard InChI is InChI=1S/C20H20N6O3/c1-12(27)14-4-3-5-15(10-14)24-18-17(21)19(23-11-22-18)25-26-20(28)13-6-8-16(29-2)9-7-13/h3-11H,21H2,1-2H3,(H,26,28)(H2,22,23,24,25). The Morgan fingerprint density at radius 3 is 2.41 bits per heavy atom. The first-order valence-electron chi connectivity index (χ1n) is 8.67. The van der Waals surface area contributed by atoms with Crippen LogP contribution in [0.4, 0.5) is 23.0 Å². The molecule has 148 valence electrons. The fraction of sp³-hybridized carbons (Fsp3) is 0.100. The summed E-state index contributed by atoms with van der Waals surface area (Å²) in [5.74, 6) is 0.801. The molecular weight excluding hydrogens is 372 g/mol. The summed E-state index contributed by atoms with van der Waals surface area (Å²) >= 11 is 0. The Morgan fingerprint density at radius 2 is 1.72 bits per heavy atom. The number of carbonyl (C=O) groups excluding carboxylic acids is 2. The highest BCUT2D eigenvalue weighted by atomic mass is 16.5. The van der Waals surface area contributed by atoms with E-state index in [4.69, 9.17) is 10.5 Å². The highest BCUT2D eigenvalue weighted by Crippen LogP contribution is 2.25. The summed E-state index contributed by atoms with van der Waals surface area (Å²) in [6, 6.07) is 13.6. The molecule has 1 aromatic heterocycles. The number of nitrogens with one attached hydrogen (secondary N) is 3. The van der Waals surface area contributed by atoms with Gasteiger partial charge in [-0.05, 0) is 43.3 Å². The van der Waals surface area contributed by atoms with Gasteiger partial charge in [0.15, 0.2) is 17.4 Å². The third kappa shape index (κ3) is 4.78. The van der Waals surface area contributed by atoms with Crippen molar-refractivity contribution in [2.75, 3.05) is 23.6 Å². The Balaban J connectivity index is 1.70. The number of rotatable bonds is 7. The first-order valence-corrected chi connectivity index (χ1v) is 8.67. The molecule has 0 aliphatic carbocycles.